The van der Waals surface area contributed by atoms with Crippen molar-refractivity contribution in [2.75, 3.05) is 30.3 Å². The van der Waals surface area contributed by atoms with Crippen LogP contribution in [-0.4, -0.2) is 66.9 Å². The van der Waals surface area contributed by atoms with Gasteiger partial charge in [-0.05, 0) is 51.3 Å². The lowest BCUT2D eigenvalue weighted by Crippen LogP contribution is -2.52. The summed E-state index contributed by atoms with van der Waals surface area (Å²) in [4.78, 5) is 30.2. The number of nitrogens with zero attached hydrogens (tertiary/aromatic N) is 3. The van der Waals surface area contributed by atoms with Crippen LogP contribution < -0.4 is 4.90 Å². The fourth-order valence-electron chi connectivity index (χ4n) is 4.36. The minimum Gasteiger partial charge on any atom is -0.336 e. The number of thioether (sulfide) groups is 1. The molecule has 1 fully saturated rings. The van der Waals surface area contributed by atoms with Gasteiger partial charge in [0.15, 0.2) is 0 Å². The van der Waals surface area contributed by atoms with Crippen LogP contribution in [0.2, 0.25) is 0 Å². The average Bonchev–Trinajstić information content (AvgIpc) is 2.70. The quantitative estimate of drug-likeness (QED) is 0.662. The van der Waals surface area contributed by atoms with Gasteiger partial charge < -0.3 is 9.80 Å². The van der Waals surface area contributed by atoms with Crippen LogP contribution >= 0.6 is 11.8 Å². The van der Waals surface area contributed by atoms with E-state index in [1.165, 1.54) is 21.0 Å². The molecule has 2 aliphatic heterocycles. The molecule has 7 nitrogen and oxygen atoms in total. The van der Waals surface area contributed by atoms with E-state index < -0.39 is 10.0 Å². The maximum Gasteiger partial charge on any atom is 0.243 e. The van der Waals surface area contributed by atoms with Crippen molar-refractivity contribution in [1.29, 1.82) is 0 Å². The van der Waals surface area contributed by atoms with Crippen LogP contribution in [0.5, 0.6) is 0 Å². The summed E-state index contributed by atoms with van der Waals surface area (Å²) in [7, 11) is -3.65. The van der Waals surface area contributed by atoms with Crippen LogP contribution in [0, 0.1) is 0 Å². The lowest BCUT2D eigenvalue weighted by Gasteiger charge is -2.40. The molecule has 1 aromatic carbocycles. The zero-order valence-electron chi connectivity index (χ0n) is 18.1. The van der Waals surface area contributed by atoms with Gasteiger partial charge in [-0.15, -0.1) is 11.8 Å². The standard InChI is InChI=1S/C21H31N3O4S2/c1-5-22(6-2)30(27,28)17-10-11-19-18(12-17)23(21(26)14-29-19)13-20(25)24-15(3)8-7-9-16(24)4/h10-12,15-16H,5-9,13-14H2,1-4H3/t15-,16-/m0/s1. The van der Waals surface area contributed by atoms with Crippen molar-refractivity contribution in [2.45, 2.75) is 68.8 Å². The summed E-state index contributed by atoms with van der Waals surface area (Å²) in [5, 5.41) is 0. The minimum atomic E-state index is -3.65. The number of rotatable bonds is 6. The van der Waals surface area contributed by atoms with Crippen molar-refractivity contribution in [2.24, 2.45) is 0 Å². The number of sulfonamides is 1. The van der Waals surface area contributed by atoms with E-state index in [1.807, 2.05) is 18.7 Å². The molecule has 166 valence electrons. The minimum absolute atomic E-state index is 0.0597. The summed E-state index contributed by atoms with van der Waals surface area (Å²) in [5.41, 5.74) is 0.509. The first-order valence-electron chi connectivity index (χ1n) is 10.6. The number of fused-ring (bicyclic) bond motifs is 1. The lowest BCUT2D eigenvalue weighted by molar-refractivity contribution is -0.136. The number of carbonyl (C=O) groups is 2. The maximum atomic E-state index is 13.1. The number of benzene rings is 1. The summed E-state index contributed by atoms with van der Waals surface area (Å²) in [6, 6.07) is 5.16. The third-order valence-electron chi connectivity index (χ3n) is 5.99. The van der Waals surface area contributed by atoms with Crippen LogP contribution in [0.3, 0.4) is 0 Å². The third kappa shape index (κ3) is 4.38. The largest absolute Gasteiger partial charge is 0.336 e. The average molecular weight is 454 g/mol. The lowest BCUT2D eigenvalue weighted by atomic mass is 9.97. The van der Waals surface area contributed by atoms with Gasteiger partial charge >= 0.3 is 0 Å². The topological polar surface area (TPSA) is 78.0 Å². The van der Waals surface area contributed by atoms with Gasteiger partial charge in [-0.3, -0.25) is 9.59 Å². The van der Waals surface area contributed by atoms with Crippen molar-refractivity contribution >= 4 is 39.3 Å². The van der Waals surface area contributed by atoms with Crippen molar-refractivity contribution in [3.8, 4) is 0 Å². The second kappa shape index (κ2) is 9.28. The van der Waals surface area contributed by atoms with Crippen LogP contribution in [0.1, 0.15) is 47.0 Å². The van der Waals surface area contributed by atoms with Gasteiger partial charge in [0.2, 0.25) is 21.8 Å². The summed E-state index contributed by atoms with van der Waals surface area (Å²) < 4.78 is 27.3. The van der Waals surface area contributed by atoms with Crippen molar-refractivity contribution in [3.05, 3.63) is 18.2 Å². The van der Waals surface area contributed by atoms with Gasteiger partial charge in [0.05, 0.1) is 16.3 Å². The molecule has 2 amide bonds. The Balaban J connectivity index is 1.93. The second-order valence-electron chi connectivity index (χ2n) is 7.92. The highest BCUT2D eigenvalue weighted by Crippen LogP contribution is 2.37. The number of hydrogen-bond acceptors (Lipinski definition) is 5. The molecular formula is C21H31N3O4S2. The predicted octanol–water partition coefficient (Wildman–Crippen LogP) is 2.95. The highest BCUT2D eigenvalue weighted by atomic mass is 32.2. The van der Waals surface area contributed by atoms with Crippen LogP contribution in [0.4, 0.5) is 5.69 Å². The number of anilines is 1. The molecule has 0 radical (unpaired) electrons. The van der Waals surface area contributed by atoms with Crippen LogP contribution in [0.15, 0.2) is 28.0 Å². The molecule has 0 unspecified atom stereocenters. The molecular weight excluding hydrogens is 422 g/mol. The zero-order chi connectivity index (χ0) is 22.1. The molecule has 0 spiro atoms. The number of amides is 2. The van der Waals surface area contributed by atoms with E-state index in [0.717, 1.165) is 24.2 Å². The molecule has 0 bridgehead atoms. The third-order valence-corrected chi connectivity index (χ3v) is 9.08. The summed E-state index contributed by atoms with van der Waals surface area (Å²) in [6.07, 6.45) is 3.02. The van der Waals surface area contributed by atoms with Gasteiger partial charge in [0.25, 0.3) is 0 Å². The molecule has 2 atom stereocenters. The second-order valence-corrected chi connectivity index (χ2v) is 10.9. The zero-order valence-corrected chi connectivity index (χ0v) is 19.8. The Morgan fingerprint density at radius 2 is 1.80 bits per heavy atom. The first-order chi connectivity index (χ1) is 14.2. The number of carbonyl (C=O) groups excluding carboxylic acids is 2. The molecule has 9 heteroatoms. The Bertz CT molecular complexity index is 905. The molecule has 2 aliphatic rings. The number of hydrogen-bond donors (Lipinski definition) is 0. The van der Waals surface area contributed by atoms with Crippen molar-refractivity contribution in [1.82, 2.24) is 9.21 Å². The first kappa shape index (κ1) is 23.1. The normalized spacial score (nSPS) is 22.4. The van der Waals surface area contributed by atoms with Gasteiger partial charge in [-0.1, -0.05) is 13.8 Å². The van der Waals surface area contributed by atoms with Gasteiger partial charge in [-0.25, -0.2) is 8.42 Å². The SMILES string of the molecule is CCN(CC)S(=O)(=O)c1ccc2c(c1)N(CC(=O)N1[C@@H](C)CCC[C@@H]1C)C(=O)CS2. The predicted molar refractivity (Wildman–Crippen MR) is 119 cm³/mol. The fourth-order valence-corrected chi connectivity index (χ4v) is 6.75. The Hall–Kier alpha value is -1.58. The number of piperidine rings is 1. The molecule has 1 saturated heterocycles. The summed E-state index contributed by atoms with van der Waals surface area (Å²) >= 11 is 1.38. The van der Waals surface area contributed by atoms with Gasteiger partial charge in [-0.2, -0.15) is 4.31 Å². The van der Waals surface area contributed by atoms with E-state index in [4.69, 9.17) is 0 Å². The monoisotopic (exact) mass is 453 g/mol. The highest BCUT2D eigenvalue weighted by Gasteiger charge is 2.34. The van der Waals surface area contributed by atoms with E-state index in [9.17, 15) is 18.0 Å². The van der Waals surface area contributed by atoms with Crippen LogP contribution in [-0.2, 0) is 19.6 Å². The Morgan fingerprint density at radius 3 is 2.40 bits per heavy atom. The summed E-state index contributed by atoms with van der Waals surface area (Å²) in [6.45, 7) is 8.37. The smallest absolute Gasteiger partial charge is 0.243 e. The molecule has 0 aromatic heterocycles. The van der Waals surface area contributed by atoms with Crippen LogP contribution in [0.25, 0.3) is 0 Å². The Labute approximate surface area is 183 Å². The van der Waals surface area contributed by atoms with E-state index in [2.05, 4.69) is 0 Å². The number of likely N-dealkylation sites (tertiary alicyclic amines) is 1. The summed E-state index contributed by atoms with van der Waals surface area (Å²) in [5.74, 6) is -0.0125. The molecule has 3 rings (SSSR count). The first-order valence-corrected chi connectivity index (χ1v) is 13.0. The molecule has 0 N–H and O–H groups in total. The van der Waals surface area contributed by atoms with E-state index >= 15 is 0 Å². The Kier molecular flexibility index (Phi) is 7.14. The molecule has 2 heterocycles. The fraction of sp³-hybridized carbons (Fsp3) is 0.619. The molecule has 30 heavy (non-hydrogen) atoms. The van der Waals surface area contributed by atoms with Crippen molar-refractivity contribution in [3.63, 3.8) is 0 Å². The van der Waals surface area contributed by atoms with Gasteiger partial charge in [0.1, 0.15) is 6.54 Å². The van der Waals surface area contributed by atoms with E-state index in [1.54, 1.807) is 32.0 Å². The van der Waals surface area contributed by atoms with E-state index in [0.29, 0.717) is 18.8 Å². The molecule has 0 saturated carbocycles. The van der Waals surface area contributed by atoms with Gasteiger partial charge in [0, 0.05) is 30.1 Å². The van der Waals surface area contributed by atoms with E-state index in [-0.39, 0.29) is 41.1 Å². The Morgan fingerprint density at radius 1 is 1.17 bits per heavy atom. The highest BCUT2D eigenvalue weighted by molar-refractivity contribution is 8.00. The maximum absolute atomic E-state index is 13.1. The van der Waals surface area contributed by atoms with Crippen molar-refractivity contribution < 1.29 is 18.0 Å². The molecule has 0 aliphatic carbocycles. The molecule has 1 aromatic rings.